The molecular formula is C19H14F2NO3-. The maximum atomic E-state index is 14.0. The van der Waals surface area contributed by atoms with Crippen LogP contribution in [0.15, 0.2) is 55.1 Å². The molecule has 3 rings (SSSR count). The number of carbonyl (C=O) groups excluding carboxylic acids is 1. The van der Waals surface area contributed by atoms with E-state index in [2.05, 4.69) is 6.58 Å². The minimum absolute atomic E-state index is 0.188. The summed E-state index contributed by atoms with van der Waals surface area (Å²) in [4.78, 5) is 11.5. The van der Waals surface area contributed by atoms with Gasteiger partial charge in [-0.25, -0.2) is 8.78 Å². The number of fused-ring (bicyclic) bond motifs is 1. The number of hydrogen-bond donors (Lipinski definition) is 0. The lowest BCUT2D eigenvalue weighted by Crippen LogP contribution is -2.26. The van der Waals surface area contributed by atoms with Gasteiger partial charge in [-0.05, 0) is 30.3 Å². The molecule has 128 valence electrons. The second kappa shape index (κ2) is 6.76. The van der Waals surface area contributed by atoms with Crippen LogP contribution < -0.4 is 9.84 Å². The number of benzene rings is 2. The van der Waals surface area contributed by atoms with Crippen molar-refractivity contribution in [2.24, 2.45) is 0 Å². The summed E-state index contributed by atoms with van der Waals surface area (Å²) in [6, 6.07) is 9.89. The van der Waals surface area contributed by atoms with Crippen molar-refractivity contribution in [3.63, 3.8) is 0 Å². The molecule has 0 radical (unpaired) electrons. The first-order valence-electron chi connectivity index (χ1n) is 7.53. The summed E-state index contributed by atoms with van der Waals surface area (Å²) in [5, 5.41) is 12.0. The molecule has 4 nitrogen and oxygen atoms in total. The number of aromatic nitrogens is 1. The van der Waals surface area contributed by atoms with Gasteiger partial charge in [-0.2, -0.15) is 0 Å². The zero-order valence-corrected chi connectivity index (χ0v) is 13.2. The Hall–Kier alpha value is -3.15. The quantitative estimate of drug-likeness (QED) is 0.647. The molecule has 0 aliphatic rings. The van der Waals surface area contributed by atoms with E-state index in [1.165, 1.54) is 16.7 Å². The molecule has 3 aromatic rings. The van der Waals surface area contributed by atoms with Crippen molar-refractivity contribution in [2.75, 3.05) is 6.61 Å². The van der Waals surface area contributed by atoms with Crippen molar-refractivity contribution >= 4 is 16.9 Å². The molecule has 25 heavy (non-hydrogen) atoms. The maximum absolute atomic E-state index is 14.0. The Morgan fingerprint density at radius 1 is 1.20 bits per heavy atom. The lowest BCUT2D eigenvalue weighted by atomic mass is 10.2. The number of carbonyl (C=O) groups is 1. The molecule has 0 spiro atoms. The fourth-order valence-electron chi connectivity index (χ4n) is 2.71. The lowest BCUT2D eigenvalue weighted by Gasteiger charge is -2.13. The van der Waals surface area contributed by atoms with Gasteiger partial charge >= 0.3 is 0 Å². The molecule has 1 aromatic heterocycles. The van der Waals surface area contributed by atoms with Gasteiger partial charge in [0.1, 0.15) is 24.0 Å². The molecule has 0 aliphatic heterocycles. The third kappa shape index (κ3) is 3.10. The molecule has 0 N–H and O–H groups in total. The Bertz CT molecular complexity index is 942. The Labute approximate surface area is 142 Å². The third-order valence-corrected chi connectivity index (χ3v) is 3.85. The SMILES string of the molecule is C=CCOc1cccc2c1cc(C(=O)[O-])n2Cc1c(F)cccc1F. The highest BCUT2D eigenvalue weighted by molar-refractivity contribution is 5.96. The zero-order chi connectivity index (χ0) is 18.0. The van der Waals surface area contributed by atoms with Crippen LogP contribution in [0, 0.1) is 11.6 Å². The van der Waals surface area contributed by atoms with Crippen molar-refractivity contribution in [1.82, 2.24) is 4.57 Å². The highest BCUT2D eigenvalue weighted by Crippen LogP contribution is 2.30. The van der Waals surface area contributed by atoms with Crippen LogP contribution in [0.2, 0.25) is 0 Å². The molecule has 0 bridgehead atoms. The first-order valence-corrected chi connectivity index (χ1v) is 7.53. The summed E-state index contributed by atoms with van der Waals surface area (Å²) in [6.07, 6.45) is 1.56. The van der Waals surface area contributed by atoms with Crippen molar-refractivity contribution in [1.29, 1.82) is 0 Å². The predicted molar refractivity (Wildman–Crippen MR) is 87.4 cm³/mol. The van der Waals surface area contributed by atoms with Crippen LogP contribution in [0.5, 0.6) is 5.75 Å². The van der Waals surface area contributed by atoms with E-state index in [1.54, 1.807) is 24.3 Å². The Morgan fingerprint density at radius 3 is 2.52 bits per heavy atom. The van der Waals surface area contributed by atoms with Crippen LogP contribution in [-0.4, -0.2) is 17.1 Å². The van der Waals surface area contributed by atoms with E-state index in [0.29, 0.717) is 16.7 Å². The van der Waals surface area contributed by atoms with Gasteiger partial charge in [-0.1, -0.05) is 24.8 Å². The molecule has 0 saturated heterocycles. The summed E-state index contributed by atoms with van der Waals surface area (Å²) in [6.45, 7) is 3.53. The van der Waals surface area contributed by atoms with Crippen molar-refractivity contribution < 1.29 is 23.4 Å². The second-order valence-corrected chi connectivity index (χ2v) is 5.39. The standard InChI is InChI=1S/C19H15F2NO3/c1-2-9-25-18-8-4-7-16-12(18)10-17(19(23)24)22(16)11-13-14(20)5-3-6-15(13)21/h2-8,10H,1,9,11H2,(H,23,24)/p-1. The van der Waals surface area contributed by atoms with Crippen LogP contribution in [0.3, 0.4) is 0 Å². The van der Waals surface area contributed by atoms with Gasteiger partial charge < -0.3 is 19.2 Å². The zero-order valence-electron chi connectivity index (χ0n) is 13.2. The topological polar surface area (TPSA) is 54.3 Å². The minimum atomic E-state index is -1.44. The monoisotopic (exact) mass is 342 g/mol. The number of nitrogens with zero attached hydrogens (tertiary/aromatic N) is 1. The summed E-state index contributed by atoms with van der Waals surface area (Å²) >= 11 is 0. The molecule has 0 aliphatic carbocycles. The van der Waals surface area contributed by atoms with Crippen molar-refractivity contribution in [3.05, 3.63) is 78.0 Å². The van der Waals surface area contributed by atoms with E-state index >= 15 is 0 Å². The van der Waals surface area contributed by atoms with Gasteiger partial charge in [0, 0.05) is 10.9 Å². The van der Waals surface area contributed by atoms with Gasteiger partial charge in [-0.3, -0.25) is 0 Å². The van der Waals surface area contributed by atoms with E-state index < -0.39 is 17.6 Å². The third-order valence-electron chi connectivity index (χ3n) is 3.85. The molecule has 0 unspecified atom stereocenters. The number of carboxylic acids is 1. The van der Waals surface area contributed by atoms with Gasteiger partial charge in [0.25, 0.3) is 0 Å². The highest BCUT2D eigenvalue weighted by Gasteiger charge is 2.16. The summed E-state index contributed by atoms with van der Waals surface area (Å²) in [5.74, 6) is -2.48. The summed E-state index contributed by atoms with van der Waals surface area (Å²) in [5.41, 5.74) is 0.0654. The first kappa shape index (κ1) is 16.7. The molecule has 0 saturated carbocycles. The molecule has 1 heterocycles. The maximum Gasteiger partial charge on any atom is 0.131 e. The largest absolute Gasteiger partial charge is 0.543 e. The van der Waals surface area contributed by atoms with Crippen LogP contribution in [-0.2, 0) is 6.54 Å². The van der Waals surface area contributed by atoms with Gasteiger partial charge in [0.05, 0.1) is 23.7 Å². The molecule has 6 heteroatoms. The summed E-state index contributed by atoms with van der Waals surface area (Å²) in [7, 11) is 0. The van der Waals surface area contributed by atoms with Gasteiger partial charge in [0.2, 0.25) is 0 Å². The number of carboxylic acid groups (broad SMARTS) is 1. The number of rotatable bonds is 6. The minimum Gasteiger partial charge on any atom is -0.543 e. The second-order valence-electron chi connectivity index (χ2n) is 5.39. The van der Waals surface area contributed by atoms with E-state index in [4.69, 9.17) is 4.74 Å². The number of aromatic carboxylic acids is 1. The average Bonchev–Trinajstić information content (AvgIpc) is 2.96. The van der Waals surface area contributed by atoms with E-state index in [-0.39, 0.29) is 24.4 Å². The molecule has 0 amide bonds. The normalized spacial score (nSPS) is 10.8. The molecular weight excluding hydrogens is 328 g/mol. The van der Waals surface area contributed by atoms with E-state index in [0.717, 1.165) is 12.1 Å². The Morgan fingerprint density at radius 2 is 1.88 bits per heavy atom. The fraction of sp³-hybridized carbons (Fsp3) is 0.105. The first-order chi connectivity index (χ1) is 12.0. The Balaban J connectivity index is 2.17. The van der Waals surface area contributed by atoms with Gasteiger partial charge in [0.15, 0.2) is 0 Å². The number of halogens is 2. The highest BCUT2D eigenvalue weighted by atomic mass is 19.1. The predicted octanol–water partition coefficient (Wildman–Crippen LogP) is 2.90. The lowest BCUT2D eigenvalue weighted by molar-refractivity contribution is -0.255. The molecule has 0 atom stereocenters. The fourth-order valence-corrected chi connectivity index (χ4v) is 2.71. The molecule has 2 aromatic carbocycles. The Kier molecular flexibility index (Phi) is 4.52. The van der Waals surface area contributed by atoms with E-state index in [1.807, 2.05) is 0 Å². The average molecular weight is 342 g/mol. The van der Waals surface area contributed by atoms with Crippen molar-refractivity contribution in [2.45, 2.75) is 6.54 Å². The molecule has 0 fully saturated rings. The summed E-state index contributed by atoms with van der Waals surface area (Å²) < 4.78 is 34.8. The van der Waals surface area contributed by atoms with Gasteiger partial charge in [-0.15, -0.1) is 0 Å². The number of hydrogen-bond acceptors (Lipinski definition) is 3. The van der Waals surface area contributed by atoms with Crippen molar-refractivity contribution in [3.8, 4) is 5.75 Å². The van der Waals surface area contributed by atoms with Crippen LogP contribution in [0.25, 0.3) is 10.9 Å². The van der Waals surface area contributed by atoms with Crippen LogP contribution in [0.1, 0.15) is 16.1 Å². The smallest absolute Gasteiger partial charge is 0.131 e. The van der Waals surface area contributed by atoms with Crippen LogP contribution >= 0.6 is 0 Å². The van der Waals surface area contributed by atoms with Crippen LogP contribution in [0.4, 0.5) is 8.78 Å². The number of ether oxygens (including phenoxy) is 1. The van der Waals surface area contributed by atoms with E-state index in [9.17, 15) is 18.7 Å².